The van der Waals surface area contributed by atoms with Crippen molar-refractivity contribution in [3.63, 3.8) is 0 Å². The van der Waals surface area contributed by atoms with Crippen LogP contribution in [-0.2, 0) is 6.42 Å². The molecule has 0 radical (unpaired) electrons. The summed E-state index contributed by atoms with van der Waals surface area (Å²) in [6.45, 7) is 3.98. The van der Waals surface area contributed by atoms with Gasteiger partial charge in [-0.05, 0) is 30.9 Å². The number of pyridine rings is 1. The standard InChI is InChI=1S/C19H29N5O3S/c1-2-3-11-8-14(23-19-15(11)16(20)17(28-19)18(21)27)24-6-4-12(5-7-24)22-9-13(26)10-25/h8,12-13,22,25-26H,2-7,9-10,20H2,1H3,(H2,21,27). The van der Waals surface area contributed by atoms with Crippen LogP contribution in [0.15, 0.2) is 6.07 Å². The smallest absolute Gasteiger partial charge is 0.260 e. The number of nitrogens with two attached hydrogens (primary N) is 2. The lowest BCUT2D eigenvalue weighted by Crippen LogP contribution is -2.45. The zero-order valence-electron chi connectivity index (χ0n) is 16.1. The predicted octanol–water partition coefficient (Wildman–Crippen LogP) is 0.841. The van der Waals surface area contributed by atoms with Crippen LogP contribution < -0.4 is 21.7 Å². The first-order valence-electron chi connectivity index (χ1n) is 9.73. The van der Waals surface area contributed by atoms with Gasteiger partial charge in [0.05, 0.1) is 18.4 Å². The van der Waals surface area contributed by atoms with Crippen molar-refractivity contribution in [1.29, 1.82) is 0 Å². The summed E-state index contributed by atoms with van der Waals surface area (Å²) in [5.74, 6) is 0.392. The highest BCUT2D eigenvalue weighted by Gasteiger charge is 2.23. The number of carbonyl (C=O) groups is 1. The van der Waals surface area contributed by atoms with Crippen molar-refractivity contribution in [2.45, 2.75) is 44.8 Å². The van der Waals surface area contributed by atoms with Gasteiger partial charge in [0.1, 0.15) is 15.5 Å². The number of hydrogen-bond donors (Lipinski definition) is 5. The first-order valence-corrected chi connectivity index (χ1v) is 10.5. The van der Waals surface area contributed by atoms with Crippen molar-refractivity contribution in [1.82, 2.24) is 10.3 Å². The van der Waals surface area contributed by atoms with Gasteiger partial charge in [-0.3, -0.25) is 4.79 Å². The summed E-state index contributed by atoms with van der Waals surface area (Å²) in [5.41, 5.74) is 13.2. The molecule has 1 atom stereocenters. The van der Waals surface area contributed by atoms with Crippen LogP contribution in [0.5, 0.6) is 0 Å². The van der Waals surface area contributed by atoms with Crippen molar-refractivity contribution in [3.8, 4) is 0 Å². The highest BCUT2D eigenvalue weighted by Crippen LogP contribution is 2.37. The molecule has 154 valence electrons. The molecule has 0 aliphatic carbocycles. The second kappa shape index (κ2) is 9.04. The molecular weight excluding hydrogens is 378 g/mol. The second-order valence-corrected chi connectivity index (χ2v) is 8.28. The Morgan fingerprint density at radius 1 is 1.46 bits per heavy atom. The molecule has 1 fully saturated rings. The van der Waals surface area contributed by atoms with E-state index in [1.54, 1.807) is 0 Å². The lowest BCUT2D eigenvalue weighted by Gasteiger charge is -2.34. The summed E-state index contributed by atoms with van der Waals surface area (Å²) < 4.78 is 0. The quantitative estimate of drug-likeness (QED) is 0.437. The van der Waals surface area contributed by atoms with E-state index >= 15 is 0 Å². The van der Waals surface area contributed by atoms with E-state index < -0.39 is 12.0 Å². The number of nitrogens with zero attached hydrogens (tertiary/aromatic N) is 2. The summed E-state index contributed by atoms with van der Waals surface area (Å²) >= 11 is 1.26. The summed E-state index contributed by atoms with van der Waals surface area (Å²) in [5, 5.41) is 22.6. The van der Waals surface area contributed by atoms with Gasteiger partial charge in [0.15, 0.2) is 0 Å². The number of aryl methyl sites for hydroxylation is 1. The molecule has 1 amide bonds. The second-order valence-electron chi connectivity index (χ2n) is 7.28. The third kappa shape index (κ3) is 4.38. The van der Waals surface area contributed by atoms with Gasteiger partial charge in [-0.25, -0.2) is 4.98 Å². The minimum atomic E-state index is -0.720. The van der Waals surface area contributed by atoms with Gasteiger partial charge in [0.25, 0.3) is 5.91 Å². The number of aromatic nitrogens is 1. The number of aliphatic hydroxyl groups excluding tert-OH is 2. The molecule has 0 spiro atoms. The third-order valence-electron chi connectivity index (χ3n) is 5.18. The monoisotopic (exact) mass is 407 g/mol. The Balaban J connectivity index is 1.79. The van der Waals surface area contributed by atoms with Crippen LogP contribution >= 0.6 is 11.3 Å². The normalized spacial score (nSPS) is 16.6. The average Bonchev–Trinajstić information content (AvgIpc) is 3.03. The number of piperidine rings is 1. The van der Waals surface area contributed by atoms with Crippen molar-refractivity contribution in [3.05, 3.63) is 16.5 Å². The van der Waals surface area contributed by atoms with Crippen LogP contribution in [0.1, 0.15) is 41.4 Å². The number of nitrogen functional groups attached to an aromatic ring is 1. The largest absolute Gasteiger partial charge is 0.397 e. The van der Waals surface area contributed by atoms with Gasteiger partial charge in [0.2, 0.25) is 0 Å². The molecule has 7 N–H and O–H groups in total. The molecule has 1 aliphatic heterocycles. The number of amides is 1. The van der Waals surface area contributed by atoms with E-state index in [1.165, 1.54) is 11.3 Å². The van der Waals surface area contributed by atoms with Crippen molar-refractivity contribution < 1.29 is 15.0 Å². The maximum atomic E-state index is 11.7. The SMILES string of the molecule is CCCc1cc(N2CCC(NCC(O)CO)CC2)nc2sc(C(N)=O)c(N)c12. The number of aliphatic hydroxyl groups is 2. The van der Waals surface area contributed by atoms with E-state index in [9.17, 15) is 9.90 Å². The number of fused-ring (bicyclic) bond motifs is 1. The van der Waals surface area contributed by atoms with Crippen LogP contribution in [0.3, 0.4) is 0 Å². The van der Waals surface area contributed by atoms with Crippen molar-refractivity contribution >= 4 is 39.0 Å². The van der Waals surface area contributed by atoms with Crippen LogP contribution in [0.4, 0.5) is 11.5 Å². The molecule has 2 aromatic rings. The van der Waals surface area contributed by atoms with Crippen molar-refractivity contribution in [2.75, 3.05) is 36.9 Å². The van der Waals surface area contributed by atoms with Crippen LogP contribution in [-0.4, -0.2) is 59.5 Å². The number of carbonyl (C=O) groups excluding carboxylic acids is 1. The highest BCUT2D eigenvalue weighted by molar-refractivity contribution is 7.21. The molecule has 0 bridgehead atoms. The lowest BCUT2D eigenvalue weighted by molar-refractivity contribution is 0.0909. The van der Waals surface area contributed by atoms with E-state index in [4.69, 9.17) is 21.6 Å². The van der Waals surface area contributed by atoms with Gasteiger partial charge >= 0.3 is 0 Å². The molecular formula is C19H29N5O3S. The number of rotatable bonds is 8. The van der Waals surface area contributed by atoms with Gasteiger partial charge in [-0.2, -0.15) is 0 Å². The summed E-state index contributed by atoms with van der Waals surface area (Å²) in [4.78, 5) is 19.9. The molecule has 0 saturated carbocycles. The topological polar surface area (TPSA) is 138 Å². The van der Waals surface area contributed by atoms with Gasteiger partial charge in [-0.1, -0.05) is 13.3 Å². The van der Waals surface area contributed by atoms with E-state index in [1.807, 2.05) is 0 Å². The van der Waals surface area contributed by atoms with Crippen LogP contribution in [0, 0.1) is 0 Å². The number of hydrogen-bond acceptors (Lipinski definition) is 8. The molecule has 8 nitrogen and oxygen atoms in total. The Bertz CT molecular complexity index is 833. The number of anilines is 2. The average molecular weight is 408 g/mol. The number of primary amides is 1. The number of thiophene rings is 1. The zero-order chi connectivity index (χ0) is 20.3. The molecule has 9 heteroatoms. The van der Waals surface area contributed by atoms with Crippen LogP contribution in [0.2, 0.25) is 0 Å². The lowest BCUT2D eigenvalue weighted by atomic mass is 10.0. The zero-order valence-corrected chi connectivity index (χ0v) is 17.0. The molecule has 0 aromatic carbocycles. The first kappa shape index (κ1) is 20.8. The fourth-order valence-electron chi connectivity index (χ4n) is 3.68. The molecule has 3 heterocycles. The van der Waals surface area contributed by atoms with E-state index in [2.05, 4.69) is 23.2 Å². The molecule has 1 aliphatic rings. The summed E-state index contributed by atoms with van der Waals surface area (Å²) in [6, 6.07) is 2.40. The molecule has 1 saturated heterocycles. The first-order chi connectivity index (χ1) is 13.4. The summed E-state index contributed by atoms with van der Waals surface area (Å²) in [7, 11) is 0. The maximum Gasteiger partial charge on any atom is 0.260 e. The summed E-state index contributed by atoms with van der Waals surface area (Å²) in [6.07, 6.45) is 2.98. The number of nitrogens with one attached hydrogen (secondary N) is 1. The Labute approximate surface area is 168 Å². The fraction of sp³-hybridized carbons (Fsp3) is 0.579. The molecule has 28 heavy (non-hydrogen) atoms. The minimum absolute atomic E-state index is 0.229. The Morgan fingerprint density at radius 3 is 2.79 bits per heavy atom. The highest BCUT2D eigenvalue weighted by atomic mass is 32.1. The van der Waals surface area contributed by atoms with Crippen molar-refractivity contribution in [2.24, 2.45) is 5.73 Å². The van der Waals surface area contributed by atoms with E-state index in [0.717, 1.165) is 60.4 Å². The van der Waals surface area contributed by atoms with Gasteiger partial charge in [0, 0.05) is 31.1 Å². The van der Waals surface area contributed by atoms with E-state index in [0.29, 0.717) is 23.2 Å². The van der Waals surface area contributed by atoms with E-state index in [-0.39, 0.29) is 6.61 Å². The Hall–Kier alpha value is -1.94. The molecule has 3 rings (SSSR count). The molecule has 1 unspecified atom stereocenters. The Morgan fingerprint density at radius 2 is 2.18 bits per heavy atom. The van der Waals surface area contributed by atoms with Gasteiger partial charge < -0.3 is 31.9 Å². The minimum Gasteiger partial charge on any atom is -0.397 e. The molecule has 2 aromatic heterocycles. The maximum absolute atomic E-state index is 11.7. The fourth-order valence-corrected chi connectivity index (χ4v) is 4.66. The third-order valence-corrected chi connectivity index (χ3v) is 6.30. The van der Waals surface area contributed by atoms with Gasteiger partial charge in [-0.15, -0.1) is 11.3 Å². The van der Waals surface area contributed by atoms with Crippen LogP contribution in [0.25, 0.3) is 10.2 Å². The Kier molecular flexibility index (Phi) is 6.71. The predicted molar refractivity (Wildman–Crippen MR) is 113 cm³/mol.